The number of carbonyl (C=O) groups excluding carboxylic acids is 2. The average Bonchev–Trinajstić information content (AvgIpc) is 2.60. The molecule has 0 unspecified atom stereocenters. The SMILES string of the molecule is CCOC(CC(C)C)(CC(C)C)C(=O)Nc1ccc(OC(C)C)c(C(=O)OC)c1. The number of anilines is 1. The van der Waals surface area contributed by atoms with E-state index in [9.17, 15) is 9.59 Å². The van der Waals surface area contributed by atoms with Crippen LogP contribution in [0.15, 0.2) is 18.2 Å². The third-order valence-electron chi connectivity index (χ3n) is 4.32. The first kappa shape index (κ1) is 25.0. The zero-order chi connectivity index (χ0) is 22.2. The molecule has 1 rings (SSSR count). The number of carbonyl (C=O) groups is 2. The van der Waals surface area contributed by atoms with Gasteiger partial charge in [-0.2, -0.15) is 0 Å². The Bertz CT molecular complexity index is 672. The maximum Gasteiger partial charge on any atom is 0.341 e. The molecule has 0 aromatic heterocycles. The molecule has 0 aliphatic heterocycles. The summed E-state index contributed by atoms with van der Waals surface area (Å²) in [6.07, 6.45) is 1.13. The van der Waals surface area contributed by atoms with Crippen molar-refractivity contribution in [3.63, 3.8) is 0 Å². The van der Waals surface area contributed by atoms with Crippen LogP contribution in [-0.2, 0) is 14.3 Å². The average molecular weight is 408 g/mol. The largest absolute Gasteiger partial charge is 0.490 e. The second-order valence-corrected chi connectivity index (χ2v) is 8.45. The lowest BCUT2D eigenvalue weighted by Crippen LogP contribution is -2.47. The van der Waals surface area contributed by atoms with Crippen molar-refractivity contribution >= 4 is 17.6 Å². The highest BCUT2D eigenvalue weighted by Crippen LogP contribution is 2.32. The molecule has 0 saturated heterocycles. The molecule has 0 aliphatic carbocycles. The van der Waals surface area contributed by atoms with Gasteiger partial charge in [-0.25, -0.2) is 4.79 Å². The van der Waals surface area contributed by atoms with Gasteiger partial charge in [0, 0.05) is 12.3 Å². The number of benzene rings is 1. The number of amides is 1. The third kappa shape index (κ3) is 7.35. The van der Waals surface area contributed by atoms with Crippen molar-refractivity contribution in [2.45, 2.75) is 73.0 Å². The van der Waals surface area contributed by atoms with E-state index in [1.54, 1.807) is 18.2 Å². The van der Waals surface area contributed by atoms with E-state index in [1.807, 2.05) is 20.8 Å². The fourth-order valence-corrected chi connectivity index (χ4v) is 3.53. The van der Waals surface area contributed by atoms with Crippen molar-refractivity contribution in [2.24, 2.45) is 11.8 Å². The highest BCUT2D eigenvalue weighted by molar-refractivity contribution is 5.99. The van der Waals surface area contributed by atoms with Crippen molar-refractivity contribution in [3.05, 3.63) is 23.8 Å². The van der Waals surface area contributed by atoms with Gasteiger partial charge in [-0.1, -0.05) is 27.7 Å². The molecule has 29 heavy (non-hydrogen) atoms. The number of ether oxygens (including phenoxy) is 3. The van der Waals surface area contributed by atoms with Crippen LogP contribution in [0, 0.1) is 11.8 Å². The second-order valence-electron chi connectivity index (χ2n) is 8.45. The number of hydrogen-bond donors (Lipinski definition) is 1. The number of rotatable bonds is 11. The molecule has 6 heteroatoms. The van der Waals surface area contributed by atoms with Gasteiger partial charge in [-0.3, -0.25) is 4.79 Å². The molecule has 0 radical (unpaired) electrons. The van der Waals surface area contributed by atoms with E-state index in [0.717, 1.165) is 0 Å². The zero-order valence-electron chi connectivity index (χ0n) is 19.1. The van der Waals surface area contributed by atoms with Crippen LogP contribution in [0.5, 0.6) is 5.75 Å². The van der Waals surface area contributed by atoms with Crippen molar-refractivity contribution in [3.8, 4) is 5.75 Å². The Morgan fingerprint density at radius 3 is 2.07 bits per heavy atom. The summed E-state index contributed by atoms with van der Waals surface area (Å²) in [6, 6.07) is 4.99. The summed E-state index contributed by atoms with van der Waals surface area (Å²) in [4.78, 5) is 25.5. The minimum Gasteiger partial charge on any atom is -0.490 e. The highest BCUT2D eigenvalue weighted by Gasteiger charge is 2.40. The molecule has 1 aromatic carbocycles. The predicted octanol–water partition coefficient (Wildman–Crippen LogP) is 5.07. The van der Waals surface area contributed by atoms with Crippen molar-refractivity contribution in [1.29, 1.82) is 0 Å². The maximum absolute atomic E-state index is 13.3. The monoisotopic (exact) mass is 407 g/mol. The van der Waals surface area contributed by atoms with Crippen LogP contribution in [-0.4, -0.2) is 37.3 Å². The minimum absolute atomic E-state index is 0.0958. The standard InChI is InChI=1S/C23H37NO5/c1-9-28-23(13-15(2)3,14-16(4)5)22(26)24-18-10-11-20(29-17(6)7)19(12-18)21(25)27-8/h10-12,15-17H,9,13-14H2,1-8H3,(H,24,26). The van der Waals surface area contributed by atoms with E-state index >= 15 is 0 Å². The van der Waals surface area contributed by atoms with Crippen LogP contribution < -0.4 is 10.1 Å². The molecular formula is C23H37NO5. The van der Waals surface area contributed by atoms with Gasteiger partial charge in [-0.15, -0.1) is 0 Å². The van der Waals surface area contributed by atoms with E-state index in [0.29, 0.717) is 42.7 Å². The molecule has 0 saturated carbocycles. The van der Waals surface area contributed by atoms with Crippen molar-refractivity contribution < 1.29 is 23.8 Å². The summed E-state index contributed by atoms with van der Waals surface area (Å²) < 4.78 is 16.6. The van der Waals surface area contributed by atoms with Crippen LogP contribution in [0.4, 0.5) is 5.69 Å². The number of methoxy groups -OCH3 is 1. The zero-order valence-corrected chi connectivity index (χ0v) is 19.1. The highest BCUT2D eigenvalue weighted by atomic mass is 16.5. The lowest BCUT2D eigenvalue weighted by Gasteiger charge is -2.35. The summed E-state index contributed by atoms with van der Waals surface area (Å²) in [5.41, 5.74) is -0.146. The Kier molecular flexibility index (Phi) is 9.63. The fraction of sp³-hybridized carbons (Fsp3) is 0.652. The summed E-state index contributed by atoms with van der Waals surface area (Å²) in [5.74, 6) is 0.287. The van der Waals surface area contributed by atoms with Crippen LogP contribution in [0.2, 0.25) is 0 Å². The molecule has 6 nitrogen and oxygen atoms in total. The first-order valence-corrected chi connectivity index (χ1v) is 10.4. The predicted molar refractivity (Wildman–Crippen MR) is 115 cm³/mol. The van der Waals surface area contributed by atoms with Crippen molar-refractivity contribution in [2.75, 3.05) is 19.0 Å². The molecule has 1 aromatic rings. The van der Waals surface area contributed by atoms with Gasteiger partial charge >= 0.3 is 5.97 Å². The topological polar surface area (TPSA) is 73.9 Å². The fourth-order valence-electron chi connectivity index (χ4n) is 3.53. The normalized spacial score (nSPS) is 11.8. The molecular weight excluding hydrogens is 370 g/mol. The van der Waals surface area contributed by atoms with Crippen LogP contribution in [0.3, 0.4) is 0 Å². The first-order valence-electron chi connectivity index (χ1n) is 10.4. The van der Waals surface area contributed by atoms with Gasteiger partial charge < -0.3 is 19.5 Å². The molecule has 0 spiro atoms. The number of esters is 1. The molecule has 164 valence electrons. The lowest BCUT2D eigenvalue weighted by atomic mass is 9.83. The van der Waals surface area contributed by atoms with E-state index in [2.05, 4.69) is 33.0 Å². The van der Waals surface area contributed by atoms with Gasteiger partial charge in [0.25, 0.3) is 5.91 Å². The quantitative estimate of drug-likeness (QED) is 0.519. The van der Waals surface area contributed by atoms with Crippen molar-refractivity contribution in [1.82, 2.24) is 0 Å². The number of nitrogens with one attached hydrogen (secondary N) is 1. The molecule has 0 atom stereocenters. The Labute approximate surface area is 175 Å². The van der Waals surface area contributed by atoms with E-state index in [4.69, 9.17) is 14.2 Å². The minimum atomic E-state index is -0.921. The molecule has 0 aliphatic rings. The first-order chi connectivity index (χ1) is 13.5. The van der Waals surface area contributed by atoms with Gasteiger partial charge in [0.2, 0.25) is 0 Å². The third-order valence-corrected chi connectivity index (χ3v) is 4.32. The maximum atomic E-state index is 13.3. The lowest BCUT2D eigenvalue weighted by molar-refractivity contribution is -0.146. The van der Waals surface area contributed by atoms with Gasteiger partial charge in [0.15, 0.2) is 0 Å². The Balaban J connectivity index is 3.26. The van der Waals surface area contributed by atoms with Gasteiger partial charge in [0.1, 0.15) is 16.9 Å². The summed E-state index contributed by atoms with van der Waals surface area (Å²) in [6.45, 7) is 14.4. The van der Waals surface area contributed by atoms with E-state index < -0.39 is 11.6 Å². The van der Waals surface area contributed by atoms with E-state index in [-0.39, 0.29) is 17.6 Å². The Morgan fingerprint density at radius 2 is 1.62 bits per heavy atom. The second kappa shape index (κ2) is 11.2. The number of hydrogen-bond acceptors (Lipinski definition) is 5. The molecule has 1 N–H and O–H groups in total. The Hall–Kier alpha value is -2.08. The van der Waals surface area contributed by atoms with Crippen LogP contribution in [0.25, 0.3) is 0 Å². The van der Waals surface area contributed by atoms with Gasteiger partial charge in [-0.05, 0) is 63.6 Å². The summed E-state index contributed by atoms with van der Waals surface area (Å²) in [5, 5.41) is 2.95. The van der Waals surface area contributed by atoms with Gasteiger partial charge in [0.05, 0.1) is 13.2 Å². The summed E-state index contributed by atoms with van der Waals surface area (Å²) >= 11 is 0. The van der Waals surface area contributed by atoms with Crippen LogP contribution >= 0.6 is 0 Å². The van der Waals surface area contributed by atoms with E-state index in [1.165, 1.54) is 7.11 Å². The Morgan fingerprint density at radius 1 is 1.03 bits per heavy atom. The molecule has 0 heterocycles. The van der Waals surface area contributed by atoms with Crippen LogP contribution in [0.1, 0.15) is 71.7 Å². The smallest absolute Gasteiger partial charge is 0.341 e. The summed E-state index contributed by atoms with van der Waals surface area (Å²) in [7, 11) is 1.32. The molecule has 0 fully saturated rings. The molecule has 0 bridgehead atoms. The molecule has 1 amide bonds.